The first kappa shape index (κ1) is 13.1. The van der Waals surface area contributed by atoms with Gasteiger partial charge in [-0.05, 0) is 39.5 Å². The molecule has 0 atom stereocenters. The lowest BCUT2D eigenvalue weighted by Gasteiger charge is -2.25. The molecule has 1 heterocycles. The second kappa shape index (κ2) is 4.02. The van der Waals surface area contributed by atoms with Gasteiger partial charge in [0.15, 0.2) is 5.82 Å². The van der Waals surface area contributed by atoms with Crippen LogP contribution >= 0.6 is 0 Å². The molecule has 6 nitrogen and oxygen atoms in total. The zero-order valence-electron chi connectivity index (χ0n) is 11.5. The molecular formula is C12H20N4O2S. The molecule has 2 aliphatic rings. The third kappa shape index (κ3) is 2.67. The van der Waals surface area contributed by atoms with Crippen molar-refractivity contribution in [1.82, 2.24) is 19.5 Å². The number of aromatic nitrogens is 3. The first-order chi connectivity index (χ1) is 8.78. The highest BCUT2D eigenvalue weighted by molar-refractivity contribution is 7.88. The maximum atomic E-state index is 11.5. The molecule has 0 radical (unpaired) electrons. The zero-order chi connectivity index (χ0) is 13.8. The lowest BCUT2D eigenvalue weighted by Crippen LogP contribution is -2.42. The molecule has 1 aromatic heterocycles. The minimum Gasteiger partial charge on any atom is -0.310 e. The van der Waals surface area contributed by atoms with Gasteiger partial charge in [0.2, 0.25) is 10.0 Å². The summed E-state index contributed by atoms with van der Waals surface area (Å²) in [4.78, 5) is 0. The molecule has 0 bridgehead atoms. The predicted octanol–water partition coefficient (Wildman–Crippen LogP) is 1.27. The van der Waals surface area contributed by atoms with E-state index in [9.17, 15) is 8.42 Å². The van der Waals surface area contributed by atoms with E-state index in [2.05, 4.69) is 19.5 Å². The van der Waals surface area contributed by atoms with Gasteiger partial charge in [0.1, 0.15) is 5.82 Å². The smallest absolute Gasteiger partial charge is 0.209 e. The number of rotatable bonds is 5. The highest BCUT2D eigenvalue weighted by Gasteiger charge is 2.40. The number of nitrogens with one attached hydrogen (secondary N) is 1. The Morgan fingerprint density at radius 2 is 1.84 bits per heavy atom. The van der Waals surface area contributed by atoms with Gasteiger partial charge in [-0.15, -0.1) is 10.2 Å². The molecule has 0 amide bonds. The summed E-state index contributed by atoms with van der Waals surface area (Å²) in [5.74, 6) is 2.30. The summed E-state index contributed by atoms with van der Waals surface area (Å²) in [5.41, 5.74) is -0.726. The third-order valence-electron chi connectivity index (χ3n) is 3.58. The minimum absolute atomic E-state index is 0.459. The SMILES string of the molecule is CC(C)(NS(C)(=O)=O)c1nnc(C2CC2)n1C1CC1. The van der Waals surface area contributed by atoms with Gasteiger partial charge in [-0.25, -0.2) is 13.1 Å². The van der Waals surface area contributed by atoms with Crippen LogP contribution in [-0.4, -0.2) is 29.4 Å². The van der Waals surface area contributed by atoms with Gasteiger partial charge in [-0.1, -0.05) is 0 Å². The molecule has 1 aromatic rings. The average molecular weight is 284 g/mol. The Balaban J connectivity index is 1.99. The van der Waals surface area contributed by atoms with Gasteiger partial charge in [0.05, 0.1) is 11.8 Å². The Hall–Kier alpha value is -0.950. The lowest BCUT2D eigenvalue weighted by atomic mass is 10.1. The molecule has 19 heavy (non-hydrogen) atoms. The Bertz CT molecular complexity index is 597. The fraction of sp³-hybridized carbons (Fsp3) is 0.833. The third-order valence-corrected chi connectivity index (χ3v) is 4.46. The Morgan fingerprint density at radius 1 is 1.21 bits per heavy atom. The van der Waals surface area contributed by atoms with E-state index in [4.69, 9.17) is 0 Å². The Morgan fingerprint density at radius 3 is 2.32 bits per heavy atom. The summed E-state index contributed by atoms with van der Waals surface area (Å²) < 4.78 is 27.8. The highest BCUT2D eigenvalue weighted by atomic mass is 32.2. The summed E-state index contributed by atoms with van der Waals surface area (Å²) in [6.07, 6.45) is 5.80. The normalized spacial score (nSPS) is 20.8. The van der Waals surface area contributed by atoms with E-state index in [1.54, 1.807) is 0 Å². The molecule has 106 valence electrons. The van der Waals surface area contributed by atoms with Crippen LogP contribution in [0, 0.1) is 0 Å². The molecule has 2 aliphatic carbocycles. The molecule has 2 fully saturated rings. The van der Waals surface area contributed by atoms with E-state index < -0.39 is 15.6 Å². The van der Waals surface area contributed by atoms with Gasteiger partial charge in [-0.3, -0.25) is 0 Å². The maximum absolute atomic E-state index is 11.5. The maximum Gasteiger partial charge on any atom is 0.209 e. The van der Waals surface area contributed by atoms with Crippen molar-refractivity contribution in [3.8, 4) is 0 Å². The topological polar surface area (TPSA) is 76.9 Å². The molecular weight excluding hydrogens is 264 g/mol. The summed E-state index contributed by atoms with van der Waals surface area (Å²) in [7, 11) is -3.28. The number of nitrogens with zero attached hydrogens (tertiary/aromatic N) is 3. The number of sulfonamides is 1. The molecule has 7 heteroatoms. The fourth-order valence-corrected chi connectivity index (χ4v) is 3.57. The van der Waals surface area contributed by atoms with Gasteiger partial charge in [-0.2, -0.15) is 0 Å². The molecule has 1 N–H and O–H groups in total. The van der Waals surface area contributed by atoms with Crippen molar-refractivity contribution >= 4 is 10.0 Å². The van der Waals surface area contributed by atoms with Gasteiger partial charge >= 0.3 is 0 Å². The van der Waals surface area contributed by atoms with Crippen LogP contribution in [0.1, 0.15) is 63.1 Å². The quantitative estimate of drug-likeness (QED) is 0.883. The van der Waals surface area contributed by atoms with Crippen LogP contribution in [0.5, 0.6) is 0 Å². The summed E-state index contributed by atoms with van der Waals surface area (Å²) >= 11 is 0. The Kier molecular flexibility index (Phi) is 2.76. The molecule has 0 saturated heterocycles. The molecule has 0 spiro atoms. The van der Waals surface area contributed by atoms with E-state index in [0.29, 0.717) is 12.0 Å². The molecule has 2 saturated carbocycles. The largest absolute Gasteiger partial charge is 0.310 e. The van der Waals surface area contributed by atoms with E-state index in [0.717, 1.165) is 24.5 Å². The first-order valence-corrected chi connectivity index (χ1v) is 8.61. The minimum atomic E-state index is -3.28. The standard InChI is InChI=1S/C12H20N4O2S/c1-12(2,15-19(3,17)18)11-14-13-10(8-4-5-8)16(11)9-6-7-9/h8-9,15H,4-7H2,1-3H3. The van der Waals surface area contributed by atoms with Crippen LogP contribution in [0.25, 0.3) is 0 Å². The van der Waals surface area contributed by atoms with Crippen molar-refractivity contribution in [2.24, 2.45) is 0 Å². The van der Waals surface area contributed by atoms with Gasteiger partial charge in [0.25, 0.3) is 0 Å². The average Bonchev–Trinajstić information content (AvgIpc) is 3.13. The fourth-order valence-electron chi connectivity index (χ4n) is 2.55. The first-order valence-electron chi connectivity index (χ1n) is 6.72. The Labute approximate surface area is 113 Å². The summed E-state index contributed by atoms with van der Waals surface area (Å²) in [6, 6.07) is 0.459. The number of hydrogen-bond acceptors (Lipinski definition) is 4. The summed E-state index contributed by atoms with van der Waals surface area (Å²) in [6.45, 7) is 3.68. The van der Waals surface area contributed by atoms with Crippen LogP contribution in [-0.2, 0) is 15.6 Å². The van der Waals surface area contributed by atoms with Crippen molar-refractivity contribution in [3.63, 3.8) is 0 Å². The predicted molar refractivity (Wildman–Crippen MR) is 71.3 cm³/mol. The second-order valence-corrected chi connectivity index (χ2v) is 8.00. The van der Waals surface area contributed by atoms with Crippen molar-refractivity contribution < 1.29 is 8.42 Å². The van der Waals surface area contributed by atoms with Gasteiger partial charge < -0.3 is 4.57 Å². The summed E-state index contributed by atoms with van der Waals surface area (Å²) in [5, 5.41) is 8.59. The molecule has 0 aliphatic heterocycles. The second-order valence-electron chi connectivity index (χ2n) is 6.26. The van der Waals surface area contributed by atoms with Crippen molar-refractivity contribution in [2.45, 2.75) is 57.0 Å². The molecule has 0 unspecified atom stereocenters. The van der Waals surface area contributed by atoms with E-state index >= 15 is 0 Å². The van der Waals surface area contributed by atoms with Crippen LogP contribution in [0.4, 0.5) is 0 Å². The highest BCUT2D eigenvalue weighted by Crippen LogP contribution is 2.45. The monoisotopic (exact) mass is 284 g/mol. The van der Waals surface area contributed by atoms with E-state index in [1.807, 2.05) is 13.8 Å². The van der Waals surface area contributed by atoms with Crippen molar-refractivity contribution in [2.75, 3.05) is 6.26 Å². The van der Waals surface area contributed by atoms with E-state index in [-0.39, 0.29) is 0 Å². The molecule has 3 rings (SSSR count). The van der Waals surface area contributed by atoms with Crippen molar-refractivity contribution in [3.05, 3.63) is 11.6 Å². The van der Waals surface area contributed by atoms with Crippen molar-refractivity contribution in [1.29, 1.82) is 0 Å². The molecule has 0 aromatic carbocycles. The van der Waals surface area contributed by atoms with E-state index in [1.165, 1.54) is 19.1 Å². The lowest BCUT2D eigenvalue weighted by molar-refractivity contribution is 0.422. The van der Waals surface area contributed by atoms with Gasteiger partial charge in [0, 0.05) is 12.0 Å². The van der Waals surface area contributed by atoms with Crippen LogP contribution in [0.3, 0.4) is 0 Å². The van der Waals surface area contributed by atoms with Crippen LogP contribution in [0.15, 0.2) is 0 Å². The van der Waals surface area contributed by atoms with Crippen LogP contribution in [0.2, 0.25) is 0 Å². The van der Waals surface area contributed by atoms with Crippen LogP contribution < -0.4 is 4.72 Å². The number of hydrogen-bond donors (Lipinski definition) is 1. The zero-order valence-corrected chi connectivity index (χ0v) is 12.4.